The van der Waals surface area contributed by atoms with Crippen LogP contribution in [0.15, 0.2) is 48.5 Å². The van der Waals surface area contributed by atoms with Gasteiger partial charge in [-0.3, -0.25) is 4.55 Å². The van der Waals surface area contributed by atoms with E-state index in [1.807, 2.05) is 31.2 Å². The normalized spacial score (nSPS) is 21.7. The highest BCUT2D eigenvalue weighted by molar-refractivity contribution is 7.77. The first-order valence-electron chi connectivity index (χ1n) is 8.04. The van der Waals surface area contributed by atoms with Crippen molar-refractivity contribution < 1.29 is 8.76 Å². The van der Waals surface area contributed by atoms with Crippen molar-refractivity contribution in [3.8, 4) is 17.2 Å². The Morgan fingerprint density at radius 1 is 1.21 bits per heavy atom. The summed E-state index contributed by atoms with van der Waals surface area (Å²) in [6, 6.07) is 18.4. The Hall–Kier alpha value is -2.00. The van der Waals surface area contributed by atoms with E-state index in [4.69, 9.17) is 9.81 Å². The minimum atomic E-state index is -1.94. The molecular formula is C19H20N2O2S. The van der Waals surface area contributed by atoms with Gasteiger partial charge < -0.3 is 0 Å². The molecule has 0 spiro atoms. The van der Waals surface area contributed by atoms with Crippen LogP contribution in [0.5, 0.6) is 0 Å². The third-order valence-electron chi connectivity index (χ3n) is 4.57. The van der Waals surface area contributed by atoms with Crippen molar-refractivity contribution in [2.45, 2.75) is 31.7 Å². The van der Waals surface area contributed by atoms with Crippen LogP contribution in [-0.4, -0.2) is 14.8 Å². The van der Waals surface area contributed by atoms with Crippen molar-refractivity contribution in [1.82, 2.24) is 4.72 Å². The summed E-state index contributed by atoms with van der Waals surface area (Å²) >= 11 is -1.94. The summed E-state index contributed by atoms with van der Waals surface area (Å²) in [6.45, 7) is 1.94. The highest BCUT2D eigenvalue weighted by atomic mass is 32.2. The summed E-state index contributed by atoms with van der Waals surface area (Å²) in [6.07, 6.45) is 2.05. The van der Waals surface area contributed by atoms with Crippen LogP contribution in [0.4, 0.5) is 0 Å². The minimum Gasteiger partial charge on any atom is -0.294 e. The van der Waals surface area contributed by atoms with Gasteiger partial charge in [-0.25, -0.2) is 8.93 Å². The molecule has 4 nitrogen and oxygen atoms in total. The van der Waals surface area contributed by atoms with E-state index in [0.717, 1.165) is 24.0 Å². The highest BCUT2D eigenvalue weighted by Crippen LogP contribution is 2.50. The van der Waals surface area contributed by atoms with Gasteiger partial charge in [0.15, 0.2) is 0 Å². The standard InChI is InChI=1S/C19H20N2O2S/c1-13(21-24(22)23)10-18-11-19(18)17-8-6-16(7-9-17)15-4-2-14(12-20)3-5-15/h2-9,13,18-19,21H,10-11H2,1H3,(H,22,23). The Balaban J connectivity index is 1.61. The average molecular weight is 340 g/mol. The summed E-state index contributed by atoms with van der Waals surface area (Å²) in [5, 5.41) is 8.85. The van der Waals surface area contributed by atoms with E-state index in [2.05, 4.69) is 35.1 Å². The molecule has 4 atom stereocenters. The molecule has 0 radical (unpaired) electrons. The molecule has 0 aliphatic heterocycles. The fraction of sp³-hybridized carbons (Fsp3) is 0.316. The molecule has 1 fully saturated rings. The number of hydrogen-bond acceptors (Lipinski definition) is 2. The van der Waals surface area contributed by atoms with Crippen LogP contribution in [0.25, 0.3) is 11.1 Å². The van der Waals surface area contributed by atoms with Crippen molar-refractivity contribution in [2.75, 3.05) is 0 Å². The number of nitrogens with one attached hydrogen (secondary N) is 1. The molecule has 5 heteroatoms. The van der Waals surface area contributed by atoms with Crippen LogP contribution in [0.2, 0.25) is 0 Å². The number of hydrogen-bond donors (Lipinski definition) is 2. The first-order chi connectivity index (χ1) is 11.6. The van der Waals surface area contributed by atoms with Crippen LogP contribution in [0, 0.1) is 17.2 Å². The Labute approximate surface area is 144 Å². The second-order valence-corrected chi connectivity index (χ2v) is 7.15. The van der Waals surface area contributed by atoms with Crippen molar-refractivity contribution in [3.05, 3.63) is 59.7 Å². The zero-order valence-corrected chi connectivity index (χ0v) is 14.3. The largest absolute Gasteiger partial charge is 0.294 e. The van der Waals surface area contributed by atoms with Crippen LogP contribution < -0.4 is 4.72 Å². The molecule has 24 heavy (non-hydrogen) atoms. The maximum Gasteiger partial charge on any atom is 0.231 e. The maximum absolute atomic E-state index is 10.8. The fourth-order valence-corrected chi connectivity index (χ4v) is 3.69. The number of nitrogens with zero attached hydrogens (tertiary/aromatic N) is 1. The Morgan fingerprint density at radius 3 is 2.33 bits per heavy atom. The van der Waals surface area contributed by atoms with Gasteiger partial charge in [0.05, 0.1) is 11.6 Å². The van der Waals surface area contributed by atoms with Crippen molar-refractivity contribution in [2.24, 2.45) is 5.92 Å². The molecule has 2 aromatic rings. The molecule has 2 aromatic carbocycles. The molecule has 4 unspecified atom stereocenters. The van der Waals surface area contributed by atoms with Gasteiger partial charge >= 0.3 is 0 Å². The lowest BCUT2D eigenvalue weighted by atomic mass is 10.00. The second kappa shape index (κ2) is 7.27. The molecule has 1 saturated carbocycles. The van der Waals surface area contributed by atoms with Crippen LogP contribution in [0.3, 0.4) is 0 Å². The summed E-state index contributed by atoms with van der Waals surface area (Å²) in [5.41, 5.74) is 4.25. The number of nitriles is 1. The van der Waals surface area contributed by atoms with Crippen molar-refractivity contribution >= 4 is 11.3 Å². The van der Waals surface area contributed by atoms with Gasteiger partial charge in [-0.05, 0) is 60.4 Å². The first kappa shape index (κ1) is 16.8. The SMILES string of the molecule is CC(CC1CC1c1ccc(-c2ccc(C#N)cc2)cc1)NS(=O)O. The molecular weight excluding hydrogens is 320 g/mol. The maximum atomic E-state index is 10.8. The molecule has 3 rings (SSSR count). The van der Waals surface area contributed by atoms with E-state index in [0.29, 0.717) is 17.4 Å². The van der Waals surface area contributed by atoms with Gasteiger partial charge in [-0.15, -0.1) is 0 Å². The van der Waals surface area contributed by atoms with E-state index in [9.17, 15) is 4.21 Å². The molecule has 0 bridgehead atoms. The molecule has 0 heterocycles. The molecule has 0 aromatic heterocycles. The van der Waals surface area contributed by atoms with E-state index in [-0.39, 0.29) is 6.04 Å². The van der Waals surface area contributed by atoms with Gasteiger partial charge in [0.2, 0.25) is 11.3 Å². The average Bonchev–Trinajstić information content (AvgIpc) is 3.33. The van der Waals surface area contributed by atoms with Crippen molar-refractivity contribution in [1.29, 1.82) is 5.26 Å². The Bertz CT molecular complexity index is 765. The second-order valence-electron chi connectivity index (χ2n) is 6.42. The van der Waals surface area contributed by atoms with Crippen molar-refractivity contribution in [3.63, 3.8) is 0 Å². The third-order valence-corrected chi connectivity index (χ3v) is 5.17. The number of rotatable bonds is 6. The monoisotopic (exact) mass is 340 g/mol. The zero-order chi connectivity index (χ0) is 17.1. The van der Waals surface area contributed by atoms with E-state index >= 15 is 0 Å². The summed E-state index contributed by atoms with van der Waals surface area (Å²) in [5.74, 6) is 1.13. The first-order valence-corrected chi connectivity index (χ1v) is 9.15. The molecule has 0 amide bonds. The zero-order valence-electron chi connectivity index (χ0n) is 13.5. The number of benzene rings is 2. The summed E-state index contributed by atoms with van der Waals surface area (Å²) < 4.78 is 22.2. The Morgan fingerprint density at radius 2 is 1.79 bits per heavy atom. The molecule has 2 N–H and O–H groups in total. The lowest BCUT2D eigenvalue weighted by Crippen LogP contribution is -2.28. The van der Waals surface area contributed by atoms with Gasteiger partial charge in [0, 0.05) is 6.04 Å². The predicted octanol–water partition coefficient (Wildman–Crippen LogP) is 3.83. The molecule has 124 valence electrons. The smallest absolute Gasteiger partial charge is 0.231 e. The van der Waals surface area contributed by atoms with Gasteiger partial charge in [-0.2, -0.15) is 5.26 Å². The molecule has 1 aliphatic rings. The van der Waals surface area contributed by atoms with Crippen LogP contribution in [0.1, 0.15) is 36.8 Å². The Kier molecular flexibility index (Phi) is 5.10. The summed E-state index contributed by atoms with van der Waals surface area (Å²) in [7, 11) is 0. The van der Waals surface area contributed by atoms with E-state index in [1.165, 1.54) is 5.56 Å². The lowest BCUT2D eigenvalue weighted by molar-refractivity contribution is 0.506. The van der Waals surface area contributed by atoms with Gasteiger partial charge in [-0.1, -0.05) is 36.4 Å². The topological polar surface area (TPSA) is 73.1 Å². The predicted molar refractivity (Wildman–Crippen MR) is 95.4 cm³/mol. The molecule has 0 saturated heterocycles. The lowest BCUT2D eigenvalue weighted by Gasteiger charge is -2.10. The minimum absolute atomic E-state index is 0.0451. The van der Waals surface area contributed by atoms with Crippen LogP contribution in [-0.2, 0) is 11.3 Å². The van der Waals surface area contributed by atoms with E-state index < -0.39 is 11.3 Å². The highest BCUT2D eigenvalue weighted by Gasteiger charge is 2.38. The van der Waals surface area contributed by atoms with Gasteiger partial charge in [0.25, 0.3) is 0 Å². The van der Waals surface area contributed by atoms with Crippen LogP contribution >= 0.6 is 0 Å². The fourth-order valence-electron chi connectivity index (χ4n) is 3.25. The quantitative estimate of drug-likeness (QED) is 0.785. The summed E-state index contributed by atoms with van der Waals surface area (Å²) in [4.78, 5) is 0. The van der Waals surface area contributed by atoms with Gasteiger partial charge in [0.1, 0.15) is 0 Å². The van der Waals surface area contributed by atoms with E-state index in [1.54, 1.807) is 0 Å². The third kappa shape index (κ3) is 4.09. The molecule has 1 aliphatic carbocycles.